The molecule has 1 amide bonds. The minimum Gasteiger partial charge on any atom is -0.356 e. The number of carbonyl (C=O) groups excluding carboxylic acids is 1. The maximum absolute atomic E-state index is 12.3. The fourth-order valence-corrected chi connectivity index (χ4v) is 2.29. The fraction of sp³-hybridized carbons (Fsp3) is 0.933. The third-order valence-electron chi connectivity index (χ3n) is 4.21. The third kappa shape index (κ3) is 4.01. The quantitative estimate of drug-likeness (QED) is 0.778. The Labute approximate surface area is 108 Å². The Balaban J connectivity index is 5.04. The topological polar surface area (TPSA) is 29.1 Å². The lowest BCUT2D eigenvalue weighted by atomic mass is 9.59. The Kier molecular flexibility index (Phi) is 5.70. The SMILES string of the molecule is CCCNC(=O)C(C(C)C)C(C)(C)C(C)(C)C. The highest BCUT2D eigenvalue weighted by molar-refractivity contribution is 5.79. The van der Waals surface area contributed by atoms with E-state index in [2.05, 4.69) is 60.7 Å². The maximum atomic E-state index is 12.3. The second-order valence-corrected chi connectivity index (χ2v) is 6.98. The summed E-state index contributed by atoms with van der Waals surface area (Å²) in [5.74, 6) is 0.636. The lowest BCUT2D eigenvalue weighted by Crippen LogP contribution is -2.48. The van der Waals surface area contributed by atoms with Crippen molar-refractivity contribution in [2.45, 2.75) is 61.8 Å². The summed E-state index contributed by atoms with van der Waals surface area (Å²) < 4.78 is 0. The second-order valence-electron chi connectivity index (χ2n) is 6.98. The first-order valence-electron chi connectivity index (χ1n) is 6.83. The van der Waals surface area contributed by atoms with E-state index in [0.29, 0.717) is 5.92 Å². The van der Waals surface area contributed by atoms with Crippen molar-refractivity contribution in [2.75, 3.05) is 6.54 Å². The van der Waals surface area contributed by atoms with Gasteiger partial charge in [-0.15, -0.1) is 0 Å². The number of rotatable bonds is 5. The van der Waals surface area contributed by atoms with Crippen molar-refractivity contribution in [1.29, 1.82) is 0 Å². The van der Waals surface area contributed by atoms with Crippen molar-refractivity contribution in [3.05, 3.63) is 0 Å². The monoisotopic (exact) mass is 241 g/mol. The minimum atomic E-state index is -0.0149. The fourth-order valence-electron chi connectivity index (χ4n) is 2.29. The number of nitrogens with one attached hydrogen (secondary N) is 1. The summed E-state index contributed by atoms with van der Waals surface area (Å²) in [7, 11) is 0. The maximum Gasteiger partial charge on any atom is 0.223 e. The van der Waals surface area contributed by atoms with Crippen molar-refractivity contribution < 1.29 is 4.79 Å². The summed E-state index contributed by atoms with van der Waals surface area (Å²) in [4.78, 5) is 12.3. The lowest BCUT2D eigenvalue weighted by molar-refractivity contribution is -0.134. The van der Waals surface area contributed by atoms with Crippen LogP contribution in [0.1, 0.15) is 61.8 Å². The molecular formula is C15H31NO. The number of hydrogen-bond acceptors (Lipinski definition) is 1. The van der Waals surface area contributed by atoms with E-state index >= 15 is 0 Å². The van der Waals surface area contributed by atoms with Gasteiger partial charge in [0, 0.05) is 12.5 Å². The highest BCUT2D eigenvalue weighted by atomic mass is 16.1. The summed E-state index contributed by atoms with van der Waals surface area (Å²) in [5.41, 5.74) is 0.102. The van der Waals surface area contributed by atoms with Crippen molar-refractivity contribution in [2.24, 2.45) is 22.7 Å². The van der Waals surface area contributed by atoms with Crippen LogP contribution in [0.15, 0.2) is 0 Å². The zero-order chi connectivity index (χ0) is 13.9. The molecule has 0 aliphatic carbocycles. The van der Waals surface area contributed by atoms with Crippen molar-refractivity contribution >= 4 is 5.91 Å². The van der Waals surface area contributed by atoms with E-state index < -0.39 is 0 Å². The molecule has 17 heavy (non-hydrogen) atoms. The van der Waals surface area contributed by atoms with Gasteiger partial charge in [-0.05, 0) is 23.2 Å². The number of hydrogen-bond donors (Lipinski definition) is 1. The molecule has 102 valence electrons. The molecule has 0 saturated heterocycles. The highest BCUT2D eigenvalue weighted by Gasteiger charge is 2.44. The molecule has 0 fully saturated rings. The van der Waals surface area contributed by atoms with Crippen LogP contribution < -0.4 is 5.32 Å². The van der Waals surface area contributed by atoms with Gasteiger partial charge >= 0.3 is 0 Å². The van der Waals surface area contributed by atoms with E-state index in [0.717, 1.165) is 13.0 Å². The molecule has 0 heterocycles. The molecular weight excluding hydrogens is 210 g/mol. The van der Waals surface area contributed by atoms with Crippen LogP contribution in [0, 0.1) is 22.7 Å². The van der Waals surface area contributed by atoms with Crippen molar-refractivity contribution in [1.82, 2.24) is 5.32 Å². The minimum absolute atomic E-state index is 0.0149. The predicted octanol–water partition coefficient (Wildman–Crippen LogP) is 3.86. The van der Waals surface area contributed by atoms with Crippen LogP contribution in [0.25, 0.3) is 0 Å². The van der Waals surface area contributed by atoms with Gasteiger partial charge in [-0.2, -0.15) is 0 Å². The van der Waals surface area contributed by atoms with Crippen LogP contribution in [0.5, 0.6) is 0 Å². The molecule has 0 spiro atoms. The first-order chi connectivity index (χ1) is 7.55. The van der Waals surface area contributed by atoms with Gasteiger partial charge in [0.25, 0.3) is 0 Å². The first kappa shape index (κ1) is 16.5. The molecule has 1 N–H and O–H groups in total. The molecule has 0 saturated carbocycles. The van der Waals surface area contributed by atoms with Gasteiger partial charge in [0.2, 0.25) is 5.91 Å². The zero-order valence-corrected chi connectivity index (χ0v) is 13.0. The van der Waals surface area contributed by atoms with Crippen LogP contribution in [0.3, 0.4) is 0 Å². The van der Waals surface area contributed by atoms with E-state index in [4.69, 9.17) is 0 Å². The summed E-state index contributed by atoms with van der Waals surface area (Å²) >= 11 is 0. The van der Waals surface area contributed by atoms with Gasteiger partial charge in [-0.3, -0.25) is 4.79 Å². The number of carbonyl (C=O) groups is 1. The van der Waals surface area contributed by atoms with Crippen molar-refractivity contribution in [3.8, 4) is 0 Å². The van der Waals surface area contributed by atoms with Crippen molar-refractivity contribution in [3.63, 3.8) is 0 Å². The van der Waals surface area contributed by atoms with E-state index in [1.54, 1.807) is 0 Å². The predicted molar refractivity (Wildman–Crippen MR) is 74.9 cm³/mol. The Morgan fingerprint density at radius 1 is 1.12 bits per heavy atom. The normalized spacial score (nSPS) is 14.9. The van der Waals surface area contributed by atoms with E-state index in [-0.39, 0.29) is 22.7 Å². The Hall–Kier alpha value is -0.530. The Bertz CT molecular complexity index is 248. The molecule has 0 rings (SSSR count). The second kappa shape index (κ2) is 5.88. The largest absolute Gasteiger partial charge is 0.356 e. The molecule has 2 heteroatoms. The summed E-state index contributed by atoms with van der Waals surface area (Å²) in [5, 5.41) is 3.05. The third-order valence-corrected chi connectivity index (χ3v) is 4.21. The average Bonchev–Trinajstić information content (AvgIpc) is 2.11. The van der Waals surface area contributed by atoms with Gasteiger partial charge in [-0.25, -0.2) is 0 Å². The molecule has 2 nitrogen and oxygen atoms in total. The van der Waals surface area contributed by atoms with Gasteiger partial charge in [0.1, 0.15) is 0 Å². The molecule has 0 aliphatic rings. The number of amides is 1. The van der Waals surface area contributed by atoms with Crippen LogP contribution in [-0.2, 0) is 4.79 Å². The molecule has 1 unspecified atom stereocenters. The Morgan fingerprint density at radius 2 is 1.59 bits per heavy atom. The molecule has 0 bridgehead atoms. The van der Waals surface area contributed by atoms with Crippen LogP contribution in [0.2, 0.25) is 0 Å². The average molecular weight is 241 g/mol. The van der Waals surface area contributed by atoms with Crippen LogP contribution in [-0.4, -0.2) is 12.5 Å². The smallest absolute Gasteiger partial charge is 0.223 e. The molecule has 0 aliphatic heterocycles. The summed E-state index contributed by atoms with van der Waals surface area (Å²) in [6, 6.07) is 0. The van der Waals surface area contributed by atoms with Gasteiger partial charge in [0.15, 0.2) is 0 Å². The van der Waals surface area contributed by atoms with Gasteiger partial charge in [-0.1, -0.05) is 55.4 Å². The molecule has 0 radical (unpaired) electrons. The molecule has 0 aromatic carbocycles. The van der Waals surface area contributed by atoms with Crippen LogP contribution in [0.4, 0.5) is 0 Å². The lowest BCUT2D eigenvalue weighted by Gasteiger charge is -2.46. The molecule has 0 aromatic rings. The van der Waals surface area contributed by atoms with Gasteiger partial charge in [0.05, 0.1) is 0 Å². The summed E-state index contributed by atoms with van der Waals surface area (Å²) in [6.45, 7) is 18.2. The standard InChI is InChI=1S/C15H31NO/c1-9-10-16-13(17)12(11(2)3)15(7,8)14(4,5)6/h11-12H,9-10H2,1-8H3,(H,16,17). The molecule has 1 atom stereocenters. The highest BCUT2D eigenvalue weighted by Crippen LogP contribution is 2.46. The zero-order valence-electron chi connectivity index (χ0n) is 13.0. The van der Waals surface area contributed by atoms with E-state index in [1.165, 1.54) is 0 Å². The summed E-state index contributed by atoms with van der Waals surface area (Å²) in [6.07, 6.45) is 0.993. The molecule has 0 aromatic heterocycles. The Morgan fingerprint density at radius 3 is 1.88 bits per heavy atom. The first-order valence-corrected chi connectivity index (χ1v) is 6.83. The van der Waals surface area contributed by atoms with E-state index in [1.807, 2.05) is 0 Å². The van der Waals surface area contributed by atoms with Gasteiger partial charge < -0.3 is 5.32 Å². The van der Waals surface area contributed by atoms with E-state index in [9.17, 15) is 4.79 Å². The van der Waals surface area contributed by atoms with Crippen LogP contribution >= 0.6 is 0 Å².